The number of nitrogens with one attached hydrogen (secondary N) is 2. The molecule has 2 aromatic rings. The number of methoxy groups -OCH3 is 2. The summed E-state index contributed by atoms with van der Waals surface area (Å²) >= 11 is 0. The quantitative estimate of drug-likeness (QED) is 0.551. The van der Waals surface area contributed by atoms with Crippen molar-refractivity contribution < 1.29 is 22.7 Å². The van der Waals surface area contributed by atoms with Crippen molar-refractivity contribution in [2.24, 2.45) is 5.92 Å². The first-order valence-electron chi connectivity index (χ1n) is 10.3. The van der Waals surface area contributed by atoms with Crippen LogP contribution in [-0.4, -0.2) is 40.6 Å². The van der Waals surface area contributed by atoms with Crippen molar-refractivity contribution in [2.75, 3.05) is 14.2 Å². The zero-order valence-corrected chi connectivity index (χ0v) is 19.5. The molecular weight excluding hydrogens is 416 g/mol. The number of hydrogen-bond donors (Lipinski definition) is 2. The van der Waals surface area contributed by atoms with Crippen LogP contribution < -0.4 is 19.5 Å². The number of amides is 1. The molecule has 0 heterocycles. The van der Waals surface area contributed by atoms with E-state index in [1.807, 2.05) is 45.0 Å². The van der Waals surface area contributed by atoms with E-state index in [1.165, 1.54) is 19.2 Å². The Hall–Kier alpha value is -2.58. The smallest absolute Gasteiger partial charge is 0.241 e. The van der Waals surface area contributed by atoms with Crippen molar-refractivity contribution >= 4 is 15.9 Å². The molecule has 0 saturated carbocycles. The molecule has 1 unspecified atom stereocenters. The number of benzene rings is 2. The molecule has 2 rings (SSSR count). The lowest BCUT2D eigenvalue weighted by Crippen LogP contribution is -2.51. The van der Waals surface area contributed by atoms with Gasteiger partial charge in [0, 0.05) is 6.04 Å². The molecule has 2 atom stereocenters. The fourth-order valence-electron chi connectivity index (χ4n) is 3.06. The molecule has 0 aliphatic rings. The largest absolute Gasteiger partial charge is 0.497 e. The van der Waals surface area contributed by atoms with E-state index in [1.54, 1.807) is 19.2 Å². The highest BCUT2D eigenvalue weighted by Gasteiger charge is 2.29. The zero-order chi connectivity index (χ0) is 23.0. The molecule has 2 N–H and O–H groups in total. The van der Waals surface area contributed by atoms with E-state index in [4.69, 9.17) is 9.47 Å². The second kappa shape index (κ2) is 11.2. The Bertz CT molecular complexity index is 941. The topological polar surface area (TPSA) is 93.7 Å². The van der Waals surface area contributed by atoms with Crippen LogP contribution in [0.2, 0.25) is 0 Å². The normalized spacial score (nSPS) is 13.5. The van der Waals surface area contributed by atoms with E-state index in [9.17, 15) is 13.2 Å². The molecule has 0 fully saturated rings. The highest BCUT2D eigenvalue weighted by atomic mass is 32.2. The van der Waals surface area contributed by atoms with Gasteiger partial charge in [0.2, 0.25) is 15.9 Å². The Morgan fingerprint density at radius 3 is 1.90 bits per heavy atom. The van der Waals surface area contributed by atoms with Gasteiger partial charge in [0.05, 0.1) is 19.1 Å². The van der Waals surface area contributed by atoms with Gasteiger partial charge in [-0.05, 0) is 67.6 Å². The Labute approximate surface area is 185 Å². The van der Waals surface area contributed by atoms with E-state index in [2.05, 4.69) is 10.0 Å². The minimum absolute atomic E-state index is 0.0827. The van der Waals surface area contributed by atoms with Gasteiger partial charge < -0.3 is 14.8 Å². The first kappa shape index (κ1) is 24.7. The summed E-state index contributed by atoms with van der Waals surface area (Å²) in [5.41, 5.74) is 1.14. The maximum absolute atomic E-state index is 12.8. The molecule has 0 radical (unpaired) electrons. The average molecular weight is 449 g/mol. The van der Waals surface area contributed by atoms with Crippen LogP contribution in [0, 0.1) is 5.92 Å². The minimum Gasteiger partial charge on any atom is -0.497 e. The Balaban J connectivity index is 1.98. The summed E-state index contributed by atoms with van der Waals surface area (Å²) in [6.07, 6.45) is 1.52. The summed E-state index contributed by atoms with van der Waals surface area (Å²) in [5, 5.41) is 2.94. The Kier molecular flexibility index (Phi) is 8.88. The first-order chi connectivity index (χ1) is 14.7. The second-order valence-electron chi connectivity index (χ2n) is 7.81. The SMILES string of the molecule is COc1ccc(CCC(C)NC(=O)[C@@H](NS(=O)(=O)c2ccc(OC)cc2)C(C)C)cc1. The van der Waals surface area contributed by atoms with Gasteiger partial charge in [-0.3, -0.25) is 4.79 Å². The molecule has 8 heteroatoms. The number of ether oxygens (including phenoxy) is 2. The lowest BCUT2D eigenvalue weighted by Gasteiger charge is -2.24. The van der Waals surface area contributed by atoms with Crippen molar-refractivity contribution in [3.63, 3.8) is 0 Å². The van der Waals surface area contributed by atoms with E-state index in [-0.39, 0.29) is 22.8 Å². The van der Waals surface area contributed by atoms with Gasteiger partial charge >= 0.3 is 0 Å². The Morgan fingerprint density at radius 2 is 1.42 bits per heavy atom. The van der Waals surface area contributed by atoms with Crippen LogP contribution in [0.1, 0.15) is 32.8 Å². The predicted octanol–water partition coefficient (Wildman–Crippen LogP) is 3.14. The van der Waals surface area contributed by atoms with Crippen molar-refractivity contribution in [3.8, 4) is 11.5 Å². The minimum atomic E-state index is -3.85. The van der Waals surface area contributed by atoms with Gasteiger partial charge in [0.15, 0.2) is 0 Å². The molecule has 0 spiro atoms. The molecule has 1 amide bonds. The lowest BCUT2D eigenvalue weighted by atomic mass is 10.0. The molecule has 0 aliphatic carbocycles. The summed E-state index contributed by atoms with van der Waals surface area (Å²) in [7, 11) is -0.714. The number of carbonyl (C=O) groups is 1. The summed E-state index contributed by atoms with van der Waals surface area (Å²) in [5.74, 6) is 0.799. The van der Waals surface area contributed by atoms with Crippen LogP contribution in [0.3, 0.4) is 0 Å². The molecule has 2 aromatic carbocycles. The average Bonchev–Trinajstić information content (AvgIpc) is 2.76. The number of sulfonamides is 1. The van der Waals surface area contributed by atoms with Crippen molar-refractivity contribution in [1.29, 1.82) is 0 Å². The van der Waals surface area contributed by atoms with Crippen LogP contribution in [0.15, 0.2) is 53.4 Å². The molecule has 7 nitrogen and oxygen atoms in total. The fraction of sp³-hybridized carbons (Fsp3) is 0.435. The maximum atomic E-state index is 12.8. The van der Waals surface area contributed by atoms with Crippen LogP contribution in [0.4, 0.5) is 0 Å². The highest BCUT2D eigenvalue weighted by Crippen LogP contribution is 2.17. The van der Waals surface area contributed by atoms with Gasteiger partial charge in [0.25, 0.3) is 0 Å². The lowest BCUT2D eigenvalue weighted by molar-refractivity contribution is -0.124. The monoisotopic (exact) mass is 448 g/mol. The first-order valence-corrected chi connectivity index (χ1v) is 11.7. The molecule has 31 heavy (non-hydrogen) atoms. The van der Waals surface area contributed by atoms with Gasteiger partial charge in [0.1, 0.15) is 17.5 Å². The van der Waals surface area contributed by atoms with Crippen molar-refractivity contribution in [2.45, 2.75) is 50.6 Å². The number of rotatable bonds is 11. The van der Waals surface area contributed by atoms with Crippen LogP contribution >= 0.6 is 0 Å². The van der Waals surface area contributed by atoms with Crippen molar-refractivity contribution in [1.82, 2.24) is 10.0 Å². The van der Waals surface area contributed by atoms with Crippen LogP contribution in [0.25, 0.3) is 0 Å². The Morgan fingerprint density at radius 1 is 0.903 bits per heavy atom. The van der Waals surface area contributed by atoms with E-state index in [0.29, 0.717) is 5.75 Å². The van der Waals surface area contributed by atoms with E-state index < -0.39 is 16.1 Å². The van der Waals surface area contributed by atoms with Gasteiger partial charge in [-0.1, -0.05) is 26.0 Å². The highest BCUT2D eigenvalue weighted by molar-refractivity contribution is 7.89. The van der Waals surface area contributed by atoms with Gasteiger partial charge in [-0.25, -0.2) is 8.42 Å². The van der Waals surface area contributed by atoms with Crippen molar-refractivity contribution in [3.05, 3.63) is 54.1 Å². The standard InChI is InChI=1S/C23H32N2O5S/c1-16(2)22(25-31(27,28)21-14-12-20(30-5)13-15-21)23(26)24-17(3)6-7-18-8-10-19(29-4)11-9-18/h8-17,22,25H,6-7H2,1-5H3,(H,24,26)/t17?,22-/m0/s1. The van der Waals surface area contributed by atoms with Gasteiger partial charge in [-0.15, -0.1) is 0 Å². The molecule has 0 saturated heterocycles. The maximum Gasteiger partial charge on any atom is 0.241 e. The summed E-state index contributed by atoms with van der Waals surface area (Å²) in [6.45, 7) is 5.53. The van der Waals surface area contributed by atoms with E-state index in [0.717, 1.165) is 24.2 Å². The second-order valence-corrected chi connectivity index (χ2v) is 9.53. The van der Waals surface area contributed by atoms with Crippen LogP contribution in [-0.2, 0) is 21.2 Å². The third kappa shape index (κ3) is 7.25. The fourth-order valence-corrected chi connectivity index (χ4v) is 4.41. The predicted molar refractivity (Wildman–Crippen MR) is 121 cm³/mol. The number of carbonyl (C=O) groups excluding carboxylic acids is 1. The summed E-state index contributed by atoms with van der Waals surface area (Å²) < 4.78 is 38.3. The summed E-state index contributed by atoms with van der Waals surface area (Å²) in [4.78, 5) is 12.9. The molecule has 0 aliphatic heterocycles. The third-order valence-electron chi connectivity index (χ3n) is 5.01. The number of aryl methyl sites for hydroxylation is 1. The summed E-state index contributed by atoms with van der Waals surface area (Å²) in [6, 6.07) is 12.8. The molecule has 0 aromatic heterocycles. The molecular formula is C23H32N2O5S. The van der Waals surface area contributed by atoms with Crippen LogP contribution in [0.5, 0.6) is 11.5 Å². The third-order valence-corrected chi connectivity index (χ3v) is 6.47. The molecule has 170 valence electrons. The van der Waals surface area contributed by atoms with Gasteiger partial charge in [-0.2, -0.15) is 4.72 Å². The molecule has 0 bridgehead atoms. The van der Waals surface area contributed by atoms with E-state index >= 15 is 0 Å². The number of hydrogen-bond acceptors (Lipinski definition) is 5. The zero-order valence-electron chi connectivity index (χ0n) is 18.7.